The highest BCUT2D eigenvalue weighted by Crippen LogP contribution is 2.34. The molecule has 0 fully saturated rings. The van der Waals surface area contributed by atoms with E-state index >= 15 is 0 Å². The first-order valence-electron chi connectivity index (χ1n) is 9.87. The normalized spacial score (nSPS) is 11.3. The summed E-state index contributed by atoms with van der Waals surface area (Å²) in [5.74, 6) is -0.213. The smallest absolute Gasteiger partial charge is 0.340 e. The molecule has 2 aromatic carbocycles. The van der Waals surface area contributed by atoms with Crippen molar-refractivity contribution in [1.82, 2.24) is 5.32 Å². The predicted molar refractivity (Wildman–Crippen MR) is 116 cm³/mol. The predicted octanol–water partition coefficient (Wildman–Crippen LogP) is 4.21. The van der Waals surface area contributed by atoms with Crippen LogP contribution >= 0.6 is 0 Å². The van der Waals surface area contributed by atoms with E-state index in [4.69, 9.17) is 13.6 Å². The summed E-state index contributed by atoms with van der Waals surface area (Å²) < 4.78 is 16.2. The standard InChI is InChI=1S/C24H23NO5/c1-15-17-11-19-20(16-7-4-3-5-8-16)14-29-21(19)13-22(17)30-24(27)18(15)12-23(26)25-9-6-10-28-2/h3-5,7-8,11,13-14H,6,9-10,12H2,1-2H3,(H,25,26). The molecule has 0 aliphatic carbocycles. The maximum Gasteiger partial charge on any atom is 0.340 e. The van der Waals surface area contributed by atoms with Gasteiger partial charge in [0.2, 0.25) is 5.91 Å². The fourth-order valence-corrected chi connectivity index (χ4v) is 3.62. The van der Waals surface area contributed by atoms with Crippen LogP contribution < -0.4 is 10.9 Å². The molecule has 154 valence electrons. The van der Waals surface area contributed by atoms with Gasteiger partial charge in [-0.15, -0.1) is 0 Å². The highest BCUT2D eigenvalue weighted by molar-refractivity contribution is 6.02. The van der Waals surface area contributed by atoms with Crippen LogP contribution in [0.25, 0.3) is 33.1 Å². The Balaban J connectivity index is 1.72. The van der Waals surface area contributed by atoms with Crippen LogP contribution in [0.1, 0.15) is 17.5 Å². The topological polar surface area (TPSA) is 81.7 Å². The number of hydrogen-bond donors (Lipinski definition) is 1. The van der Waals surface area contributed by atoms with Gasteiger partial charge in [0.25, 0.3) is 0 Å². The largest absolute Gasteiger partial charge is 0.464 e. The number of fused-ring (bicyclic) bond motifs is 2. The van der Waals surface area contributed by atoms with Crippen LogP contribution in [0.5, 0.6) is 0 Å². The third-order valence-corrected chi connectivity index (χ3v) is 5.25. The van der Waals surface area contributed by atoms with Crippen molar-refractivity contribution in [3.63, 3.8) is 0 Å². The van der Waals surface area contributed by atoms with E-state index in [1.165, 1.54) is 0 Å². The maximum atomic E-state index is 12.5. The molecule has 1 N–H and O–H groups in total. The Bertz CT molecular complexity index is 1250. The van der Waals surface area contributed by atoms with E-state index in [0.717, 1.165) is 27.5 Å². The lowest BCUT2D eigenvalue weighted by atomic mass is 9.99. The van der Waals surface area contributed by atoms with Crippen LogP contribution in [0, 0.1) is 6.92 Å². The van der Waals surface area contributed by atoms with Crippen molar-refractivity contribution < 1.29 is 18.4 Å². The van der Waals surface area contributed by atoms with Crippen LogP contribution in [0.4, 0.5) is 0 Å². The van der Waals surface area contributed by atoms with Gasteiger partial charge in [-0.25, -0.2) is 4.79 Å². The van der Waals surface area contributed by atoms with Crippen LogP contribution in [0.2, 0.25) is 0 Å². The summed E-state index contributed by atoms with van der Waals surface area (Å²) in [6.45, 7) is 2.92. The number of furan rings is 1. The summed E-state index contributed by atoms with van der Waals surface area (Å²) >= 11 is 0. The summed E-state index contributed by atoms with van der Waals surface area (Å²) in [7, 11) is 1.62. The lowest BCUT2D eigenvalue weighted by Gasteiger charge is -2.09. The van der Waals surface area contributed by atoms with E-state index in [1.807, 2.05) is 43.3 Å². The molecule has 0 atom stereocenters. The van der Waals surface area contributed by atoms with Gasteiger partial charge in [-0.1, -0.05) is 30.3 Å². The average molecular weight is 405 g/mol. The Morgan fingerprint density at radius 2 is 1.90 bits per heavy atom. The minimum Gasteiger partial charge on any atom is -0.464 e. The molecule has 0 bridgehead atoms. The molecule has 0 radical (unpaired) electrons. The second-order valence-corrected chi connectivity index (χ2v) is 7.23. The number of methoxy groups -OCH3 is 1. The lowest BCUT2D eigenvalue weighted by Crippen LogP contribution is -2.29. The molecule has 2 aromatic heterocycles. The minimum absolute atomic E-state index is 0.0218. The zero-order valence-electron chi connectivity index (χ0n) is 17.0. The monoisotopic (exact) mass is 405 g/mol. The van der Waals surface area contributed by atoms with Gasteiger partial charge >= 0.3 is 5.63 Å². The Labute approximate surface area is 173 Å². The second-order valence-electron chi connectivity index (χ2n) is 7.23. The number of ether oxygens (including phenoxy) is 1. The summed E-state index contributed by atoms with van der Waals surface area (Å²) in [6.07, 6.45) is 2.40. The number of nitrogens with one attached hydrogen (secondary N) is 1. The highest BCUT2D eigenvalue weighted by atomic mass is 16.5. The van der Waals surface area contributed by atoms with Crippen LogP contribution in [0.3, 0.4) is 0 Å². The summed E-state index contributed by atoms with van der Waals surface area (Å²) in [4.78, 5) is 24.8. The van der Waals surface area contributed by atoms with Gasteiger partial charge < -0.3 is 18.9 Å². The lowest BCUT2D eigenvalue weighted by molar-refractivity contribution is -0.120. The third-order valence-electron chi connectivity index (χ3n) is 5.25. The molecule has 1 amide bonds. The fraction of sp³-hybridized carbons (Fsp3) is 0.250. The zero-order chi connectivity index (χ0) is 21.1. The van der Waals surface area contributed by atoms with E-state index < -0.39 is 5.63 Å². The number of carbonyl (C=O) groups excluding carboxylic acids is 1. The molecule has 0 spiro atoms. The third kappa shape index (κ3) is 3.86. The van der Waals surface area contributed by atoms with Gasteiger partial charge in [0.05, 0.1) is 18.2 Å². The first kappa shape index (κ1) is 19.9. The summed E-state index contributed by atoms with van der Waals surface area (Å²) in [6, 6.07) is 13.7. The maximum absolute atomic E-state index is 12.5. The first-order chi connectivity index (χ1) is 14.6. The van der Waals surface area contributed by atoms with Crippen molar-refractivity contribution in [2.75, 3.05) is 20.3 Å². The van der Waals surface area contributed by atoms with E-state index in [1.54, 1.807) is 19.4 Å². The summed E-state index contributed by atoms with van der Waals surface area (Å²) in [5, 5.41) is 4.54. The van der Waals surface area contributed by atoms with E-state index in [-0.39, 0.29) is 12.3 Å². The number of carbonyl (C=O) groups is 1. The number of rotatable bonds is 7. The van der Waals surface area contributed by atoms with Crippen LogP contribution in [0.15, 0.2) is 62.4 Å². The van der Waals surface area contributed by atoms with E-state index in [9.17, 15) is 9.59 Å². The Kier molecular flexibility index (Phi) is 5.68. The Morgan fingerprint density at radius 3 is 2.67 bits per heavy atom. The minimum atomic E-state index is -0.499. The van der Waals surface area contributed by atoms with Crippen molar-refractivity contribution in [1.29, 1.82) is 0 Å². The SMILES string of the molecule is COCCCNC(=O)Cc1c(C)c2cc3c(-c4ccccc4)coc3cc2oc1=O. The molecular formula is C24H23NO5. The molecule has 0 saturated heterocycles. The second kappa shape index (κ2) is 8.55. The number of benzene rings is 2. The Hall–Kier alpha value is -3.38. The van der Waals surface area contributed by atoms with Crippen molar-refractivity contribution in [3.8, 4) is 11.1 Å². The fourth-order valence-electron chi connectivity index (χ4n) is 3.62. The molecule has 4 rings (SSSR count). The van der Waals surface area contributed by atoms with Crippen molar-refractivity contribution in [3.05, 3.63) is 70.3 Å². The highest BCUT2D eigenvalue weighted by Gasteiger charge is 2.17. The molecule has 0 saturated carbocycles. The van der Waals surface area contributed by atoms with Gasteiger partial charge in [-0.3, -0.25) is 4.79 Å². The van der Waals surface area contributed by atoms with E-state index in [0.29, 0.717) is 36.3 Å². The molecular weight excluding hydrogens is 382 g/mol. The first-order valence-corrected chi connectivity index (χ1v) is 9.87. The van der Waals surface area contributed by atoms with Crippen LogP contribution in [-0.4, -0.2) is 26.2 Å². The number of aryl methyl sites for hydroxylation is 1. The zero-order valence-corrected chi connectivity index (χ0v) is 17.0. The van der Waals surface area contributed by atoms with Gasteiger partial charge in [0, 0.05) is 42.7 Å². The molecule has 0 aliphatic rings. The summed E-state index contributed by atoms with van der Waals surface area (Å²) in [5.41, 5.74) is 3.72. The van der Waals surface area contributed by atoms with Crippen molar-refractivity contribution in [2.24, 2.45) is 0 Å². The van der Waals surface area contributed by atoms with Crippen molar-refractivity contribution >= 4 is 27.8 Å². The molecule has 0 unspecified atom stereocenters. The molecule has 30 heavy (non-hydrogen) atoms. The molecule has 0 aliphatic heterocycles. The van der Waals surface area contributed by atoms with Gasteiger partial charge in [0.15, 0.2) is 0 Å². The Morgan fingerprint density at radius 1 is 1.10 bits per heavy atom. The molecule has 2 heterocycles. The van der Waals surface area contributed by atoms with E-state index in [2.05, 4.69) is 5.32 Å². The van der Waals surface area contributed by atoms with Gasteiger partial charge in [-0.05, 0) is 30.5 Å². The van der Waals surface area contributed by atoms with Gasteiger partial charge in [-0.2, -0.15) is 0 Å². The van der Waals surface area contributed by atoms with Crippen molar-refractivity contribution in [2.45, 2.75) is 19.8 Å². The molecule has 4 aromatic rings. The van der Waals surface area contributed by atoms with Crippen LogP contribution in [-0.2, 0) is 16.0 Å². The molecule has 6 nitrogen and oxygen atoms in total. The molecule has 6 heteroatoms. The number of hydrogen-bond acceptors (Lipinski definition) is 5. The van der Waals surface area contributed by atoms with Gasteiger partial charge in [0.1, 0.15) is 11.2 Å². The quantitative estimate of drug-likeness (QED) is 0.368. The number of amides is 1. The average Bonchev–Trinajstić information content (AvgIpc) is 3.16.